The van der Waals surface area contributed by atoms with Gasteiger partial charge in [0.15, 0.2) is 0 Å². The number of benzene rings is 1. The van der Waals surface area contributed by atoms with Crippen LogP contribution in [0.1, 0.15) is 31.2 Å². The molecule has 28 heavy (non-hydrogen) atoms. The SMILES string of the molecule is O=C([O-])CCS.O=C([O-])CCS.O=C([O-])CCS.[Sn+3][CH2]CCc1ccccc1. The number of carboxylic acid groups (broad SMARTS) is 3. The van der Waals surface area contributed by atoms with Crippen molar-refractivity contribution in [1.82, 2.24) is 0 Å². The van der Waals surface area contributed by atoms with E-state index in [1.165, 1.54) is 22.8 Å². The quantitative estimate of drug-likeness (QED) is 0.277. The molecule has 156 valence electrons. The van der Waals surface area contributed by atoms with Crippen molar-refractivity contribution in [2.24, 2.45) is 0 Å². The molecule has 0 aromatic heterocycles. The van der Waals surface area contributed by atoms with Crippen LogP contribution in [0.25, 0.3) is 0 Å². The molecule has 0 aliphatic carbocycles. The summed E-state index contributed by atoms with van der Waals surface area (Å²) in [6.45, 7) is 0. The third kappa shape index (κ3) is 36.4. The number of aliphatic carboxylic acids is 3. The minimum atomic E-state index is -1.04. The summed E-state index contributed by atoms with van der Waals surface area (Å²) in [5.74, 6) is -2.02. The van der Waals surface area contributed by atoms with Crippen LogP contribution in [-0.4, -0.2) is 57.7 Å². The van der Waals surface area contributed by atoms with Crippen molar-refractivity contribution in [1.29, 1.82) is 0 Å². The van der Waals surface area contributed by atoms with E-state index < -0.39 is 17.9 Å². The van der Waals surface area contributed by atoms with Crippen LogP contribution in [0.4, 0.5) is 0 Å². The van der Waals surface area contributed by atoms with Crippen molar-refractivity contribution in [3.8, 4) is 0 Å². The summed E-state index contributed by atoms with van der Waals surface area (Å²) in [6.07, 6.45) is 2.74. The van der Waals surface area contributed by atoms with E-state index in [4.69, 9.17) is 0 Å². The van der Waals surface area contributed by atoms with Gasteiger partial charge in [0, 0.05) is 17.9 Å². The predicted octanol–water partition coefficient (Wildman–Crippen LogP) is -0.625. The zero-order valence-corrected chi connectivity index (χ0v) is 21.1. The van der Waals surface area contributed by atoms with E-state index in [0.717, 1.165) is 0 Å². The third-order valence-corrected chi connectivity index (χ3v) is 4.11. The van der Waals surface area contributed by atoms with E-state index in [0.29, 0.717) is 17.3 Å². The van der Waals surface area contributed by atoms with Gasteiger partial charge in [-0.05, 0) is 36.5 Å². The number of carbonyl (C=O) groups is 3. The van der Waals surface area contributed by atoms with Gasteiger partial charge >= 0.3 is 75.7 Å². The number of thiol groups is 3. The summed E-state index contributed by atoms with van der Waals surface area (Å²) in [4.78, 5) is 28.3. The second-order valence-corrected chi connectivity index (χ2v) is 7.64. The van der Waals surface area contributed by atoms with Gasteiger partial charge in [0.25, 0.3) is 0 Å². The standard InChI is InChI=1S/C9H11.3C3H6O2S.Sn/c1-2-6-9-7-4-3-5-8-9;3*4-3(5)1-2-6;/h3-5,7-8H,1-2,6H2;3*6H,1-2H2,(H,4,5);/q;;;;+3/p-3. The summed E-state index contributed by atoms with van der Waals surface area (Å²) in [5, 5.41) is 28.3. The van der Waals surface area contributed by atoms with Gasteiger partial charge in [-0.1, -0.05) is 0 Å². The van der Waals surface area contributed by atoms with Crippen LogP contribution in [0.5, 0.6) is 0 Å². The molecule has 0 aliphatic rings. The number of carboxylic acids is 3. The molecule has 0 heterocycles. The zero-order valence-electron chi connectivity index (χ0n) is 15.5. The molecule has 6 nitrogen and oxygen atoms in total. The number of aryl methyl sites for hydroxylation is 1. The second-order valence-electron chi connectivity index (χ2n) is 4.88. The van der Waals surface area contributed by atoms with Gasteiger partial charge in [-0.15, -0.1) is 0 Å². The molecule has 0 bridgehead atoms. The molecule has 0 radical (unpaired) electrons. The van der Waals surface area contributed by atoms with Crippen LogP contribution in [0.3, 0.4) is 0 Å². The van der Waals surface area contributed by atoms with Gasteiger partial charge in [0.2, 0.25) is 0 Å². The molecule has 0 N–H and O–H groups in total. The molecule has 0 saturated heterocycles. The van der Waals surface area contributed by atoms with Gasteiger partial charge in [0.1, 0.15) is 0 Å². The van der Waals surface area contributed by atoms with Crippen molar-refractivity contribution in [3.05, 3.63) is 35.9 Å². The Labute approximate surface area is 196 Å². The van der Waals surface area contributed by atoms with Crippen molar-refractivity contribution >= 4 is 78.3 Å². The maximum atomic E-state index is 9.44. The summed E-state index contributed by atoms with van der Waals surface area (Å²) in [5.41, 5.74) is 1.48. The minimum absolute atomic E-state index is 0.0448. The fraction of sp³-hybridized carbons (Fsp3) is 0.500. The van der Waals surface area contributed by atoms with Crippen molar-refractivity contribution in [2.45, 2.75) is 36.5 Å². The van der Waals surface area contributed by atoms with Crippen LogP contribution in [0.2, 0.25) is 4.44 Å². The Morgan fingerprint density at radius 1 is 0.750 bits per heavy atom. The fourth-order valence-corrected chi connectivity index (χ4v) is 2.26. The molecule has 0 atom stereocenters. The summed E-state index contributed by atoms with van der Waals surface area (Å²) in [6, 6.07) is 10.7. The van der Waals surface area contributed by atoms with Gasteiger partial charge in [-0.25, -0.2) is 0 Å². The third-order valence-electron chi connectivity index (χ3n) is 2.43. The Kier molecular flexibility index (Phi) is 30.4. The number of rotatable bonds is 9. The van der Waals surface area contributed by atoms with E-state index in [1.54, 1.807) is 22.5 Å². The van der Waals surface area contributed by atoms with Crippen LogP contribution in [0, 0.1) is 0 Å². The van der Waals surface area contributed by atoms with E-state index in [2.05, 4.69) is 68.2 Å². The van der Waals surface area contributed by atoms with E-state index in [-0.39, 0.29) is 19.3 Å². The summed E-state index contributed by atoms with van der Waals surface area (Å²) >= 11 is 12.6. The average Bonchev–Trinajstić information content (AvgIpc) is 2.62. The van der Waals surface area contributed by atoms with E-state index >= 15 is 0 Å². The Morgan fingerprint density at radius 2 is 1.11 bits per heavy atom. The first-order valence-corrected chi connectivity index (χ1v) is 12.3. The topological polar surface area (TPSA) is 120 Å². The number of carbonyl (C=O) groups excluding carboxylic acids is 3. The Balaban J connectivity index is -0.000000309. The first kappa shape index (κ1) is 32.2. The Bertz CT molecular complexity index is 465. The monoisotopic (exact) mass is 554 g/mol. The van der Waals surface area contributed by atoms with Gasteiger partial charge in [-0.2, -0.15) is 37.9 Å². The molecule has 0 spiro atoms. The molecule has 10 heteroatoms. The molecular weight excluding hydrogens is 527 g/mol. The van der Waals surface area contributed by atoms with Gasteiger partial charge in [0.05, 0.1) is 0 Å². The summed E-state index contributed by atoms with van der Waals surface area (Å²) in [7, 11) is 0. The van der Waals surface area contributed by atoms with Crippen LogP contribution in [-0.2, 0) is 20.8 Å². The molecule has 0 fully saturated rings. The van der Waals surface area contributed by atoms with Crippen LogP contribution < -0.4 is 15.3 Å². The van der Waals surface area contributed by atoms with Gasteiger partial charge < -0.3 is 29.7 Å². The Morgan fingerprint density at radius 3 is 1.32 bits per heavy atom. The van der Waals surface area contributed by atoms with Crippen molar-refractivity contribution < 1.29 is 29.7 Å². The molecule has 0 unspecified atom stereocenters. The van der Waals surface area contributed by atoms with Gasteiger partial charge in [-0.3, -0.25) is 0 Å². The second kappa shape index (κ2) is 26.5. The first-order valence-electron chi connectivity index (χ1n) is 8.35. The van der Waals surface area contributed by atoms with Crippen molar-refractivity contribution in [3.63, 3.8) is 0 Å². The van der Waals surface area contributed by atoms with Crippen LogP contribution >= 0.6 is 37.9 Å². The molecule has 1 aromatic rings. The molecule has 1 rings (SSSR count). The fourth-order valence-electron chi connectivity index (χ4n) is 1.21. The zero-order chi connectivity index (χ0) is 22.2. The molecular formula is C18H26O6S3Sn. The molecule has 0 aliphatic heterocycles. The average molecular weight is 553 g/mol. The number of hydrogen-bond donors (Lipinski definition) is 3. The summed E-state index contributed by atoms with van der Waals surface area (Å²) < 4.78 is 1.38. The normalized spacial score (nSPS) is 8.75. The van der Waals surface area contributed by atoms with Crippen molar-refractivity contribution in [2.75, 3.05) is 17.3 Å². The number of hydrogen-bond acceptors (Lipinski definition) is 9. The Hall–Kier alpha value is -0.521. The van der Waals surface area contributed by atoms with Crippen LogP contribution in [0.15, 0.2) is 30.3 Å². The van der Waals surface area contributed by atoms with E-state index in [1.807, 2.05) is 0 Å². The predicted molar refractivity (Wildman–Crippen MR) is 116 cm³/mol. The maximum absolute atomic E-state index is 9.44. The molecule has 1 aromatic carbocycles. The van der Waals surface area contributed by atoms with E-state index in [9.17, 15) is 29.7 Å². The molecule has 0 saturated carbocycles. The first-order chi connectivity index (χ1) is 13.2. The molecule has 0 amide bonds.